The van der Waals surface area contributed by atoms with E-state index in [1.165, 1.54) is 6.42 Å². The van der Waals surface area contributed by atoms with Gasteiger partial charge in [0, 0.05) is 19.6 Å². The van der Waals surface area contributed by atoms with Crippen LogP contribution in [0.1, 0.15) is 51.1 Å². The van der Waals surface area contributed by atoms with Crippen molar-refractivity contribution in [2.24, 2.45) is 5.92 Å². The molecule has 1 saturated heterocycles. The van der Waals surface area contributed by atoms with Crippen molar-refractivity contribution in [3.63, 3.8) is 0 Å². The molecule has 1 aromatic rings. The molecule has 156 valence electrons. The maximum Gasteiger partial charge on any atom is 0.234 e. The standard InChI is InChI=1S/C22H34N2O4/c1-16(2)22(17-8-9-19-20(13-17)28-12-6-11-27-19)23-21(25)15-24(3)14-18-7-4-5-10-26-18/h8-9,13,16,18,22H,4-7,10-12,14-15H2,1-3H3,(H,23,25). The molecule has 0 spiro atoms. The van der Waals surface area contributed by atoms with Gasteiger partial charge in [-0.05, 0) is 49.9 Å². The van der Waals surface area contributed by atoms with Crippen LogP contribution in [0, 0.1) is 5.92 Å². The van der Waals surface area contributed by atoms with Crippen LogP contribution in [0.3, 0.4) is 0 Å². The Morgan fingerprint density at radius 2 is 1.93 bits per heavy atom. The topological polar surface area (TPSA) is 60.0 Å². The summed E-state index contributed by atoms with van der Waals surface area (Å²) in [5, 5.41) is 3.21. The van der Waals surface area contributed by atoms with Crippen LogP contribution >= 0.6 is 0 Å². The lowest BCUT2D eigenvalue weighted by Crippen LogP contribution is -2.42. The van der Waals surface area contributed by atoms with Gasteiger partial charge in [-0.25, -0.2) is 0 Å². The number of fused-ring (bicyclic) bond motifs is 1. The third-order valence-electron chi connectivity index (χ3n) is 5.32. The molecular weight excluding hydrogens is 356 g/mol. The third-order valence-corrected chi connectivity index (χ3v) is 5.32. The van der Waals surface area contributed by atoms with Gasteiger partial charge < -0.3 is 19.5 Å². The zero-order valence-corrected chi connectivity index (χ0v) is 17.4. The molecule has 6 nitrogen and oxygen atoms in total. The number of ether oxygens (including phenoxy) is 3. The van der Waals surface area contributed by atoms with E-state index in [9.17, 15) is 4.79 Å². The fraction of sp³-hybridized carbons (Fsp3) is 0.682. The number of hydrogen-bond donors (Lipinski definition) is 1. The molecule has 0 saturated carbocycles. The first kappa shape index (κ1) is 20.9. The van der Waals surface area contributed by atoms with Crippen molar-refractivity contribution in [1.82, 2.24) is 10.2 Å². The molecule has 2 atom stereocenters. The highest BCUT2D eigenvalue weighted by atomic mass is 16.5. The van der Waals surface area contributed by atoms with E-state index in [0.29, 0.717) is 19.8 Å². The van der Waals surface area contributed by atoms with E-state index in [-0.39, 0.29) is 24.0 Å². The van der Waals surface area contributed by atoms with Gasteiger partial charge in [0.05, 0.1) is 31.9 Å². The van der Waals surface area contributed by atoms with Crippen LogP contribution in [-0.2, 0) is 9.53 Å². The molecule has 1 N–H and O–H groups in total. The van der Waals surface area contributed by atoms with E-state index in [0.717, 1.165) is 49.5 Å². The van der Waals surface area contributed by atoms with Crippen LogP contribution in [-0.4, -0.2) is 56.9 Å². The quantitative estimate of drug-likeness (QED) is 0.775. The smallest absolute Gasteiger partial charge is 0.234 e. The number of carbonyl (C=O) groups is 1. The van der Waals surface area contributed by atoms with Gasteiger partial charge in [-0.15, -0.1) is 0 Å². The molecule has 1 fully saturated rings. The number of benzene rings is 1. The summed E-state index contributed by atoms with van der Waals surface area (Å²) in [4.78, 5) is 14.7. The second-order valence-electron chi connectivity index (χ2n) is 8.23. The van der Waals surface area contributed by atoms with E-state index < -0.39 is 0 Å². The molecule has 6 heteroatoms. The van der Waals surface area contributed by atoms with E-state index in [1.54, 1.807) is 0 Å². The molecule has 2 heterocycles. The highest BCUT2D eigenvalue weighted by Crippen LogP contribution is 2.34. The molecule has 2 aliphatic rings. The Hall–Kier alpha value is -1.79. The zero-order valence-electron chi connectivity index (χ0n) is 17.4. The number of rotatable bonds is 7. The summed E-state index contributed by atoms with van der Waals surface area (Å²) in [7, 11) is 1.98. The molecule has 0 bridgehead atoms. The minimum atomic E-state index is -0.0658. The predicted molar refractivity (Wildman–Crippen MR) is 109 cm³/mol. The highest BCUT2D eigenvalue weighted by molar-refractivity contribution is 5.78. The van der Waals surface area contributed by atoms with Crippen LogP contribution in [0.4, 0.5) is 0 Å². The monoisotopic (exact) mass is 390 g/mol. The molecule has 28 heavy (non-hydrogen) atoms. The lowest BCUT2D eigenvalue weighted by atomic mass is 9.95. The maximum absolute atomic E-state index is 12.7. The van der Waals surface area contributed by atoms with Crippen LogP contribution in [0.2, 0.25) is 0 Å². The fourth-order valence-electron chi connectivity index (χ4n) is 3.84. The number of carbonyl (C=O) groups excluding carboxylic acids is 1. The van der Waals surface area contributed by atoms with Gasteiger partial charge in [0.1, 0.15) is 0 Å². The van der Waals surface area contributed by atoms with Crippen molar-refractivity contribution in [2.45, 2.75) is 51.7 Å². The average Bonchev–Trinajstić information content (AvgIpc) is 2.91. The Kier molecular flexibility index (Phi) is 7.57. The van der Waals surface area contributed by atoms with Crippen LogP contribution < -0.4 is 14.8 Å². The minimum absolute atomic E-state index is 0.0316. The van der Waals surface area contributed by atoms with E-state index in [1.807, 2.05) is 25.2 Å². The Morgan fingerprint density at radius 3 is 2.64 bits per heavy atom. The van der Waals surface area contributed by atoms with E-state index in [4.69, 9.17) is 14.2 Å². The summed E-state index contributed by atoms with van der Waals surface area (Å²) in [5.74, 6) is 1.84. The Labute approximate surface area is 168 Å². The molecule has 0 radical (unpaired) electrons. The molecule has 0 aromatic heterocycles. The first-order valence-corrected chi connectivity index (χ1v) is 10.5. The van der Waals surface area contributed by atoms with E-state index in [2.05, 4.69) is 24.1 Å². The van der Waals surface area contributed by atoms with Gasteiger partial charge in [-0.3, -0.25) is 9.69 Å². The van der Waals surface area contributed by atoms with Gasteiger partial charge in [0.15, 0.2) is 11.5 Å². The van der Waals surface area contributed by atoms with Gasteiger partial charge in [-0.1, -0.05) is 19.9 Å². The first-order chi connectivity index (χ1) is 13.5. The fourth-order valence-corrected chi connectivity index (χ4v) is 3.84. The molecule has 1 amide bonds. The Bertz CT molecular complexity index is 643. The minimum Gasteiger partial charge on any atom is -0.490 e. The van der Waals surface area contributed by atoms with Gasteiger partial charge in [0.2, 0.25) is 5.91 Å². The van der Waals surface area contributed by atoms with Crippen LogP contribution in [0.15, 0.2) is 18.2 Å². The van der Waals surface area contributed by atoms with Crippen molar-refractivity contribution in [1.29, 1.82) is 0 Å². The molecule has 3 rings (SSSR count). The normalized spacial score (nSPS) is 20.7. The zero-order chi connectivity index (χ0) is 19.9. The first-order valence-electron chi connectivity index (χ1n) is 10.5. The van der Waals surface area contributed by atoms with Crippen LogP contribution in [0.25, 0.3) is 0 Å². The number of nitrogens with zero attached hydrogens (tertiary/aromatic N) is 1. The molecule has 2 unspecified atom stereocenters. The number of nitrogens with one attached hydrogen (secondary N) is 1. The average molecular weight is 391 g/mol. The van der Waals surface area contributed by atoms with Crippen molar-refractivity contribution in [3.05, 3.63) is 23.8 Å². The lowest BCUT2D eigenvalue weighted by Gasteiger charge is -2.28. The van der Waals surface area contributed by atoms with Crippen molar-refractivity contribution in [2.75, 3.05) is 40.0 Å². The molecule has 2 aliphatic heterocycles. The summed E-state index contributed by atoms with van der Waals surface area (Å²) >= 11 is 0. The summed E-state index contributed by atoms with van der Waals surface area (Å²) in [6.45, 7) is 7.57. The Morgan fingerprint density at radius 1 is 1.14 bits per heavy atom. The predicted octanol–water partition coefficient (Wildman–Crippen LogP) is 3.16. The third kappa shape index (κ3) is 5.85. The van der Waals surface area contributed by atoms with Gasteiger partial charge >= 0.3 is 0 Å². The number of likely N-dealkylation sites (N-methyl/N-ethyl adjacent to an activating group) is 1. The largest absolute Gasteiger partial charge is 0.490 e. The van der Waals surface area contributed by atoms with Crippen molar-refractivity contribution in [3.8, 4) is 11.5 Å². The lowest BCUT2D eigenvalue weighted by molar-refractivity contribution is -0.123. The van der Waals surface area contributed by atoms with E-state index >= 15 is 0 Å². The molecule has 0 aliphatic carbocycles. The summed E-state index contributed by atoms with van der Waals surface area (Å²) < 4.78 is 17.3. The Balaban J connectivity index is 1.59. The van der Waals surface area contributed by atoms with Crippen LogP contribution in [0.5, 0.6) is 11.5 Å². The SMILES string of the molecule is CC(C)C(NC(=O)CN(C)CC1CCCCO1)c1ccc2c(c1)OCCCO2. The summed E-state index contributed by atoms with van der Waals surface area (Å²) in [6.07, 6.45) is 4.56. The second kappa shape index (κ2) is 10.1. The van der Waals surface area contributed by atoms with Crippen molar-refractivity contribution >= 4 is 5.91 Å². The maximum atomic E-state index is 12.7. The highest BCUT2D eigenvalue weighted by Gasteiger charge is 2.23. The molecule has 1 aromatic carbocycles. The summed E-state index contributed by atoms with van der Waals surface area (Å²) in [6, 6.07) is 5.91. The van der Waals surface area contributed by atoms with Gasteiger partial charge in [-0.2, -0.15) is 0 Å². The van der Waals surface area contributed by atoms with Gasteiger partial charge in [0.25, 0.3) is 0 Å². The number of amides is 1. The summed E-state index contributed by atoms with van der Waals surface area (Å²) in [5.41, 5.74) is 1.05. The number of hydrogen-bond acceptors (Lipinski definition) is 5. The van der Waals surface area contributed by atoms with Crippen molar-refractivity contribution < 1.29 is 19.0 Å². The molecular formula is C22H34N2O4. The second-order valence-corrected chi connectivity index (χ2v) is 8.23.